The minimum absolute atomic E-state index is 0.110. The number of aliphatic hydroxyl groups excluding tert-OH is 1. The molecule has 3 heterocycles. The van der Waals surface area contributed by atoms with Crippen molar-refractivity contribution in [3.8, 4) is 0 Å². The van der Waals surface area contributed by atoms with Crippen molar-refractivity contribution in [1.82, 2.24) is 4.98 Å². The fourth-order valence-electron chi connectivity index (χ4n) is 5.38. The first-order valence-corrected chi connectivity index (χ1v) is 15.0. The zero-order valence-electron chi connectivity index (χ0n) is 22.1. The van der Waals surface area contributed by atoms with Crippen LogP contribution in [0.15, 0.2) is 30.3 Å². The van der Waals surface area contributed by atoms with Gasteiger partial charge in [0.05, 0.1) is 42.0 Å². The van der Waals surface area contributed by atoms with E-state index in [4.69, 9.17) is 14.8 Å². The second-order valence-corrected chi connectivity index (χ2v) is 12.7. The molecular weight excluding hydrogens is 506 g/mol. The number of pyridine rings is 1. The summed E-state index contributed by atoms with van der Waals surface area (Å²) < 4.78 is 32.7. The number of hydrogen-bond acceptors (Lipinski definition) is 8. The van der Waals surface area contributed by atoms with Crippen molar-refractivity contribution in [2.24, 2.45) is 5.41 Å². The normalized spacial score (nSPS) is 20.9. The summed E-state index contributed by atoms with van der Waals surface area (Å²) in [7, 11) is -3.69. The average Bonchev–Trinajstić information content (AvgIpc) is 3.62. The highest BCUT2D eigenvalue weighted by Gasteiger charge is 2.44. The second-order valence-electron chi connectivity index (χ2n) is 10.8. The molecule has 10 nitrogen and oxygen atoms in total. The third-order valence-electron chi connectivity index (χ3n) is 7.76. The number of nitrogens with zero attached hydrogens (tertiary/aromatic N) is 3. The molecule has 1 aliphatic carbocycles. The van der Waals surface area contributed by atoms with Gasteiger partial charge in [-0.3, -0.25) is 9.52 Å². The van der Waals surface area contributed by atoms with Crippen LogP contribution in [0.3, 0.4) is 0 Å². The summed E-state index contributed by atoms with van der Waals surface area (Å²) in [6.45, 7) is 7.28. The minimum atomic E-state index is -3.69. The maximum absolute atomic E-state index is 13.6. The van der Waals surface area contributed by atoms with Gasteiger partial charge in [-0.2, -0.15) is 0 Å². The molecule has 11 heteroatoms. The zero-order chi connectivity index (χ0) is 26.9. The summed E-state index contributed by atoms with van der Waals surface area (Å²) in [5.74, 6) is 0.587. The minimum Gasteiger partial charge on any atom is -0.395 e. The average molecular weight is 544 g/mol. The van der Waals surface area contributed by atoms with Crippen molar-refractivity contribution in [2.75, 3.05) is 65.0 Å². The van der Waals surface area contributed by atoms with Crippen LogP contribution in [0, 0.1) is 12.3 Å². The van der Waals surface area contributed by atoms with Gasteiger partial charge in [0.25, 0.3) is 5.91 Å². The Kier molecular flexibility index (Phi) is 7.52. The molecule has 5 rings (SSSR count). The number of anilines is 4. The number of carbonyl (C=O) groups is 1. The van der Waals surface area contributed by atoms with E-state index in [0.29, 0.717) is 34.8 Å². The van der Waals surface area contributed by atoms with E-state index in [0.717, 1.165) is 50.4 Å². The third-order valence-corrected chi connectivity index (χ3v) is 9.03. The van der Waals surface area contributed by atoms with E-state index >= 15 is 0 Å². The van der Waals surface area contributed by atoms with Gasteiger partial charge < -0.3 is 25.0 Å². The first-order chi connectivity index (χ1) is 18.2. The molecule has 206 valence electrons. The van der Waals surface area contributed by atoms with Gasteiger partial charge in [0, 0.05) is 26.2 Å². The lowest BCUT2D eigenvalue weighted by Gasteiger charge is -2.35. The van der Waals surface area contributed by atoms with E-state index in [1.807, 2.05) is 26.0 Å². The summed E-state index contributed by atoms with van der Waals surface area (Å²) in [5, 5.41) is 12.1. The third kappa shape index (κ3) is 6.22. The fourth-order valence-corrected chi connectivity index (χ4v) is 6.21. The van der Waals surface area contributed by atoms with E-state index in [1.165, 1.54) is 12.8 Å². The van der Waals surface area contributed by atoms with Gasteiger partial charge in [0.15, 0.2) is 0 Å². The predicted molar refractivity (Wildman–Crippen MR) is 149 cm³/mol. The van der Waals surface area contributed by atoms with E-state index in [2.05, 4.69) is 19.8 Å². The van der Waals surface area contributed by atoms with E-state index < -0.39 is 16.6 Å². The van der Waals surface area contributed by atoms with Crippen molar-refractivity contribution in [3.05, 3.63) is 41.5 Å². The molecule has 1 spiro atoms. The Labute approximate surface area is 224 Å². The Morgan fingerprint density at radius 3 is 2.58 bits per heavy atom. The van der Waals surface area contributed by atoms with Gasteiger partial charge in [-0.15, -0.1) is 0 Å². The fraction of sp³-hybridized carbons (Fsp3) is 0.556. The van der Waals surface area contributed by atoms with E-state index in [-0.39, 0.29) is 17.8 Å². The number of aromatic nitrogens is 1. The Morgan fingerprint density at radius 1 is 1.13 bits per heavy atom. The summed E-state index contributed by atoms with van der Waals surface area (Å²) in [6, 6.07) is 8.82. The molecule has 2 aromatic rings. The van der Waals surface area contributed by atoms with Crippen molar-refractivity contribution in [3.63, 3.8) is 0 Å². The van der Waals surface area contributed by atoms with Crippen LogP contribution in [0.5, 0.6) is 0 Å². The highest BCUT2D eigenvalue weighted by molar-refractivity contribution is 7.92. The summed E-state index contributed by atoms with van der Waals surface area (Å²) in [6.07, 6.45) is 4.76. The molecular formula is C27H37N5O5S. The Bertz CT molecular complexity index is 1290. The molecule has 0 unspecified atom stereocenters. The van der Waals surface area contributed by atoms with Crippen molar-refractivity contribution < 1.29 is 23.1 Å². The van der Waals surface area contributed by atoms with Crippen LogP contribution in [0.25, 0.3) is 0 Å². The van der Waals surface area contributed by atoms with Crippen LogP contribution in [-0.4, -0.2) is 75.7 Å². The van der Waals surface area contributed by atoms with Gasteiger partial charge in [0.2, 0.25) is 10.0 Å². The lowest BCUT2D eigenvalue weighted by molar-refractivity contribution is 0.0529. The molecule has 1 saturated carbocycles. The Morgan fingerprint density at radius 2 is 1.89 bits per heavy atom. The highest BCUT2D eigenvalue weighted by Crippen LogP contribution is 2.54. The standard InChI is InChI=1S/C27H37N5O5S/c1-19-15-24(28-25(16-19)32-11-13-37-20(2)18-32)29-26(34)22-4-3-21(30-38(35,36)14-12-33)17-23(22)31-9-7-27(5-6-27)8-10-31/h3-4,15-17,20,30,33H,5-14,18H2,1-2H3,(H,28,29,34)/t20-/m1/s1. The van der Waals surface area contributed by atoms with Gasteiger partial charge in [-0.25, -0.2) is 13.4 Å². The van der Waals surface area contributed by atoms with Crippen molar-refractivity contribution >= 4 is 38.9 Å². The first kappa shape index (κ1) is 26.7. The quantitative estimate of drug-likeness (QED) is 0.464. The number of nitrogens with one attached hydrogen (secondary N) is 2. The molecule has 2 aliphatic heterocycles. The zero-order valence-corrected chi connectivity index (χ0v) is 22.9. The SMILES string of the molecule is Cc1cc(NC(=O)c2ccc(NS(=O)(=O)CCO)cc2N2CCC3(CC2)CC3)nc(N2CCO[C@H](C)C2)c1. The molecule has 1 atom stereocenters. The number of morpholine rings is 1. The molecule has 3 aliphatic rings. The predicted octanol–water partition coefficient (Wildman–Crippen LogP) is 2.98. The van der Waals surface area contributed by atoms with E-state index in [9.17, 15) is 13.2 Å². The van der Waals surface area contributed by atoms with Crippen LogP contribution in [0.4, 0.5) is 23.0 Å². The van der Waals surface area contributed by atoms with Gasteiger partial charge >= 0.3 is 0 Å². The van der Waals surface area contributed by atoms with Crippen molar-refractivity contribution in [1.29, 1.82) is 0 Å². The molecule has 3 N–H and O–H groups in total. The number of sulfonamides is 1. The van der Waals surface area contributed by atoms with Gasteiger partial charge in [0.1, 0.15) is 11.6 Å². The number of piperidine rings is 1. The summed E-state index contributed by atoms with van der Waals surface area (Å²) >= 11 is 0. The molecule has 1 amide bonds. The lowest BCUT2D eigenvalue weighted by Crippen LogP contribution is -2.41. The number of aliphatic hydroxyl groups is 1. The van der Waals surface area contributed by atoms with Gasteiger partial charge in [-0.1, -0.05) is 0 Å². The van der Waals surface area contributed by atoms with Crippen molar-refractivity contribution in [2.45, 2.75) is 45.6 Å². The maximum Gasteiger partial charge on any atom is 0.258 e. The summed E-state index contributed by atoms with van der Waals surface area (Å²) in [5.41, 5.74) is 2.97. The largest absolute Gasteiger partial charge is 0.395 e. The molecule has 0 radical (unpaired) electrons. The van der Waals surface area contributed by atoms with Crippen LogP contribution >= 0.6 is 0 Å². The summed E-state index contributed by atoms with van der Waals surface area (Å²) in [4.78, 5) is 22.6. The van der Waals surface area contributed by atoms with Crippen LogP contribution in [0.2, 0.25) is 0 Å². The Balaban J connectivity index is 1.40. The second kappa shape index (κ2) is 10.7. The number of carbonyl (C=O) groups excluding carboxylic acids is 1. The maximum atomic E-state index is 13.6. The smallest absolute Gasteiger partial charge is 0.258 e. The molecule has 38 heavy (non-hydrogen) atoms. The topological polar surface area (TPSA) is 124 Å². The number of aryl methyl sites for hydroxylation is 1. The molecule has 0 bridgehead atoms. The number of rotatable bonds is 8. The van der Waals surface area contributed by atoms with Gasteiger partial charge in [-0.05, 0) is 80.8 Å². The van der Waals surface area contributed by atoms with Crippen LogP contribution < -0.4 is 19.8 Å². The monoisotopic (exact) mass is 543 g/mol. The number of amides is 1. The molecule has 1 aromatic heterocycles. The lowest BCUT2D eigenvalue weighted by atomic mass is 9.93. The van der Waals surface area contributed by atoms with Crippen LogP contribution in [-0.2, 0) is 14.8 Å². The number of ether oxygens (including phenoxy) is 1. The molecule has 1 aromatic carbocycles. The molecule has 2 saturated heterocycles. The Hall–Kier alpha value is -2.89. The van der Waals surface area contributed by atoms with E-state index in [1.54, 1.807) is 18.2 Å². The number of hydrogen-bond donors (Lipinski definition) is 3. The number of benzene rings is 1. The first-order valence-electron chi connectivity index (χ1n) is 13.3. The van der Waals surface area contributed by atoms with Crippen LogP contribution in [0.1, 0.15) is 48.5 Å². The molecule has 3 fully saturated rings. The highest BCUT2D eigenvalue weighted by atomic mass is 32.2.